The van der Waals surface area contributed by atoms with Crippen LogP contribution in [-0.2, 0) is 20.9 Å². The molecule has 1 N–H and O–H groups in total. The van der Waals surface area contributed by atoms with Crippen molar-refractivity contribution >= 4 is 12.1 Å². The third kappa shape index (κ3) is 6.17. The van der Waals surface area contributed by atoms with Crippen LogP contribution in [0.5, 0.6) is 11.5 Å². The normalized spacial score (nSPS) is 18.2. The van der Waals surface area contributed by atoms with E-state index >= 15 is 0 Å². The van der Waals surface area contributed by atoms with Gasteiger partial charge < -0.3 is 29.0 Å². The number of methoxy groups -OCH3 is 2. The second kappa shape index (κ2) is 12.7. The van der Waals surface area contributed by atoms with Gasteiger partial charge in [-0.05, 0) is 47.9 Å². The molecule has 0 saturated carbocycles. The summed E-state index contributed by atoms with van der Waals surface area (Å²) in [5.41, 5.74) is 2.61. The largest absolute Gasteiger partial charge is 0.508 e. The Bertz CT molecular complexity index is 1180. The molecule has 0 radical (unpaired) electrons. The molecule has 1 heterocycles. The van der Waals surface area contributed by atoms with Crippen LogP contribution in [0.4, 0.5) is 4.79 Å². The van der Waals surface area contributed by atoms with Crippen LogP contribution < -0.4 is 9.47 Å². The lowest BCUT2D eigenvalue weighted by Gasteiger charge is -2.54. The summed E-state index contributed by atoms with van der Waals surface area (Å²) in [6, 6.07) is 23.6. The molecule has 1 fully saturated rings. The number of nitrogens with zero attached hydrogens (tertiary/aromatic N) is 1. The number of benzene rings is 3. The van der Waals surface area contributed by atoms with Gasteiger partial charge in [-0.3, -0.25) is 4.79 Å². The number of likely N-dealkylation sites (tertiary alicyclic amines) is 1. The average molecular weight is 534 g/mol. The number of carbonyl (C=O) groups is 2. The Hall–Kier alpha value is -4.04. The number of aliphatic hydroxyl groups is 1. The number of hydrogen-bond donors (Lipinski definition) is 1. The van der Waals surface area contributed by atoms with Crippen molar-refractivity contribution in [2.45, 2.75) is 38.6 Å². The lowest BCUT2D eigenvalue weighted by molar-refractivity contribution is -0.174. The summed E-state index contributed by atoms with van der Waals surface area (Å²) < 4.78 is 21.5. The first-order valence-electron chi connectivity index (χ1n) is 13.0. The molecule has 0 bridgehead atoms. The Morgan fingerprint density at radius 1 is 0.872 bits per heavy atom. The highest BCUT2D eigenvalue weighted by molar-refractivity contribution is 5.88. The van der Waals surface area contributed by atoms with Gasteiger partial charge in [0, 0.05) is 12.5 Å². The van der Waals surface area contributed by atoms with Gasteiger partial charge in [-0.15, -0.1) is 0 Å². The molecule has 4 atom stereocenters. The van der Waals surface area contributed by atoms with Crippen LogP contribution in [0.3, 0.4) is 0 Å². The highest BCUT2D eigenvalue weighted by Crippen LogP contribution is 2.45. The van der Waals surface area contributed by atoms with Gasteiger partial charge in [0.25, 0.3) is 0 Å². The van der Waals surface area contributed by atoms with Gasteiger partial charge in [-0.1, -0.05) is 61.5 Å². The molecule has 206 valence electrons. The third-order valence-corrected chi connectivity index (χ3v) is 7.23. The fourth-order valence-electron chi connectivity index (χ4n) is 5.13. The van der Waals surface area contributed by atoms with E-state index in [1.165, 1.54) is 0 Å². The van der Waals surface area contributed by atoms with Crippen LogP contribution in [0.25, 0.3) is 0 Å². The second-order valence-electron chi connectivity index (χ2n) is 9.72. The van der Waals surface area contributed by atoms with Crippen molar-refractivity contribution in [1.29, 1.82) is 0 Å². The minimum atomic E-state index is -0.838. The minimum absolute atomic E-state index is 0.0740. The summed E-state index contributed by atoms with van der Waals surface area (Å²) >= 11 is 0. The Balaban J connectivity index is 1.58. The summed E-state index contributed by atoms with van der Waals surface area (Å²) in [6.45, 7) is 3.52. The van der Waals surface area contributed by atoms with Crippen molar-refractivity contribution in [1.82, 2.24) is 4.90 Å². The molecule has 8 nitrogen and oxygen atoms in total. The van der Waals surface area contributed by atoms with E-state index < -0.39 is 24.2 Å². The third-order valence-electron chi connectivity index (χ3n) is 7.23. The number of ether oxygens (including phenoxy) is 4. The lowest BCUT2D eigenvalue weighted by atomic mass is 9.74. The Kier molecular flexibility index (Phi) is 9.09. The summed E-state index contributed by atoms with van der Waals surface area (Å²) in [6.07, 6.45) is -1.58. The molecule has 2 unspecified atom stereocenters. The van der Waals surface area contributed by atoms with E-state index in [1.54, 1.807) is 26.0 Å². The van der Waals surface area contributed by atoms with E-state index in [-0.39, 0.29) is 31.1 Å². The topological polar surface area (TPSA) is 94.5 Å². The minimum Gasteiger partial charge on any atom is -0.497 e. The van der Waals surface area contributed by atoms with Crippen molar-refractivity contribution in [2.75, 3.05) is 20.8 Å². The van der Waals surface area contributed by atoms with Crippen LogP contribution >= 0.6 is 0 Å². The van der Waals surface area contributed by atoms with E-state index in [0.717, 1.165) is 16.7 Å². The highest BCUT2D eigenvalue weighted by atomic mass is 16.7. The zero-order valence-electron chi connectivity index (χ0n) is 22.7. The molecular weight excluding hydrogens is 498 g/mol. The molecular formula is C31H35NO7. The molecule has 3 aromatic carbocycles. The van der Waals surface area contributed by atoms with E-state index in [2.05, 4.69) is 0 Å². The monoisotopic (exact) mass is 533 g/mol. The van der Waals surface area contributed by atoms with E-state index in [9.17, 15) is 14.7 Å². The molecule has 0 aliphatic carbocycles. The van der Waals surface area contributed by atoms with Crippen LogP contribution in [-0.4, -0.2) is 55.0 Å². The van der Waals surface area contributed by atoms with Crippen molar-refractivity contribution in [3.63, 3.8) is 0 Å². The molecule has 3 aromatic rings. The molecule has 1 aliphatic rings. The van der Waals surface area contributed by atoms with E-state index in [4.69, 9.17) is 18.9 Å². The second-order valence-corrected chi connectivity index (χ2v) is 9.72. The van der Waals surface area contributed by atoms with Gasteiger partial charge in [0.15, 0.2) is 0 Å². The summed E-state index contributed by atoms with van der Waals surface area (Å²) in [5, 5.41) is 10.1. The van der Waals surface area contributed by atoms with Gasteiger partial charge in [0.1, 0.15) is 24.2 Å². The van der Waals surface area contributed by atoms with E-state index in [1.807, 2.05) is 85.8 Å². The SMILES string of the molecule is COc1ccc(C(c2ccc(OC)cc2)N2C(=O)[C@H](C(C)OC(=O)OCc3ccccc3)[C@H]2C(C)CO)cc1. The summed E-state index contributed by atoms with van der Waals surface area (Å²) in [4.78, 5) is 28.0. The summed E-state index contributed by atoms with van der Waals surface area (Å²) in [5.74, 6) is 0.349. The first kappa shape index (κ1) is 28.0. The van der Waals surface area contributed by atoms with Crippen molar-refractivity contribution in [3.8, 4) is 11.5 Å². The molecule has 39 heavy (non-hydrogen) atoms. The molecule has 0 aromatic heterocycles. The van der Waals surface area contributed by atoms with Crippen molar-refractivity contribution in [2.24, 2.45) is 11.8 Å². The van der Waals surface area contributed by atoms with Gasteiger partial charge in [0.05, 0.1) is 32.2 Å². The van der Waals surface area contributed by atoms with Crippen LogP contribution in [0.1, 0.15) is 36.6 Å². The molecule has 1 aliphatic heterocycles. The number of aliphatic hydroxyl groups excluding tert-OH is 1. The Labute approximate surface area is 229 Å². The van der Waals surface area contributed by atoms with Gasteiger partial charge in [0.2, 0.25) is 5.91 Å². The van der Waals surface area contributed by atoms with Gasteiger partial charge in [-0.25, -0.2) is 4.79 Å². The number of rotatable bonds is 11. The standard InChI is InChI=1S/C31H35NO7/c1-20(18-33)28-27(21(2)39-31(35)38-19-22-8-6-5-7-9-22)30(34)32(28)29(23-10-14-25(36-3)15-11-23)24-12-16-26(37-4)17-13-24/h5-17,20-21,27-29,33H,18-19H2,1-4H3/t20?,21?,27-,28-/m1/s1. The number of carbonyl (C=O) groups excluding carboxylic acids is 2. The first-order chi connectivity index (χ1) is 18.9. The predicted molar refractivity (Wildman–Crippen MR) is 145 cm³/mol. The zero-order chi connectivity index (χ0) is 27.9. The maximum Gasteiger partial charge on any atom is 0.508 e. The molecule has 1 saturated heterocycles. The van der Waals surface area contributed by atoms with Crippen molar-refractivity contribution < 1.29 is 33.6 Å². The maximum absolute atomic E-state index is 13.8. The van der Waals surface area contributed by atoms with Gasteiger partial charge >= 0.3 is 6.16 Å². The van der Waals surface area contributed by atoms with Crippen LogP contribution in [0, 0.1) is 11.8 Å². The number of hydrogen-bond acceptors (Lipinski definition) is 7. The number of β-lactam (4-membered cyclic amide) rings is 1. The predicted octanol–water partition coefficient (Wildman–Crippen LogP) is 4.99. The summed E-state index contributed by atoms with van der Waals surface area (Å²) in [7, 11) is 3.20. The molecule has 1 amide bonds. The molecule has 4 rings (SSSR count). The Morgan fingerprint density at radius 2 is 1.41 bits per heavy atom. The average Bonchev–Trinajstić information content (AvgIpc) is 2.97. The van der Waals surface area contributed by atoms with Crippen LogP contribution in [0.2, 0.25) is 0 Å². The molecule has 0 spiro atoms. The van der Waals surface area contributed by atoms with E-state index in [0.29, 0.717) is 11.5 Å². The van der Waals surface area contributed by atoms with Gasteiger partial charge in [-0.2, -0.15) is 0 Å². The molecule has 8 heteroatoms. The maximum atomic E-state index is 13.8. The Morgan fingerprint density at radius 3 is 1.90 bits per heavy atom. The lowest BCUT2D eigenvalue weighted by Crippen LogP contribution is -2.68. The fourth-order valence-corrected chi connectivity index (χ4v) is 5.13. The van der Waals surface area contributed by atoms with Crippen LogP contribution in [0.15, 0.2) is 78.9 Å². The quantitative estimate of drug-likeness (QED) is 0.274. The highest BCUT2D eigenvalue weighted by Gasteiger charge is 2.56. The number of amides is 1. The van der Waals surface area contributed by atoms with Crippen molar-refractivity contribution in [3.05, 3.63) is 95.6 Å². The fraction of sp³-hybridized carbons (Fsp3) is 0.355. The first-order valence-corrected chi connectivity index (χ1v) is 13.0. The zero-order valence-corrected chi connectivity index (χ0v) is 22.7. The smallest absolute Gasteiger partial charge is 0.497 e.